The van der Waals surface area contributed by atoms with Crippen LogP contribution in [0.4, 0.5) is 11.4 Å². The lowest BCUT2D eigenvalue weighted by atomic mass is 10.1. The lowest BCUT2D eigenvalue weighted by Crippen LogP contribution is -2.30. The molecule has 126 valence electrons. The quantitative estimate of drug-likeness (QED) is 0.664. The van der Waals surface area contributed by atoms with E-state index in [0.29, 0.717) is 11.3 Å². The van der Waals surface area contributed by atoms with Gasteiger partial charge in [0.05, 0.1) is 24.0 Å². The van der Waals surface area contributed by atoms with Gasteiger partial charge in [-0.25, -0.2) is 4.79 Å². The predicted octanol–water partition coefficient (Wildman–Crippen LogP) is 2.70. The second-order valence-corrected chi connectivity index (χ2v) is 5.48. The monoisotopic (exact) mass is 335 g/mol. The maximum absolute atomic E-state index is 11.8. The van der Waals surface area contributed by atoms with Crippen molar-refractivity contribution in [2.75, 3.05) is 30.4 Å². The molecule has 1 N–H and O–H groups in total. The van der Waals surface area contributed by atoms with Crippen molar-refractivity contribution in [1.29, 1.82) is 15.8 Å². The summed E-state index contributed by atoms with van der Waals surface area (Å²) in [6.07, 6.45) is 3.28. The highest BCUT2D eigenvalue weighted by Gasteiger charge is 2.18. The van der Waals surface area contributed by atoms with Gasteiger partial charge in [-0.05, 0) is 37.5 Å². The van der Waals surface area contributed by atoms with E-state index in [0.717, 1.165) is 38.0 Å². The number of nitrogens with one attached hydrogen (secondary N) is 1. The van der Waals surface area contributed by atoms with Crippen LogP contribution in [0.25, 0.3) is 0 Å². The fourth-order valence-electron chi connectivity index (χ4n) is 2.71. The number of benzene rings is 1. The van der Waals surface area contributed by atoms with Crippen LogP contribution in [-0.2, 0) is 4.74 Å². The molecule has 0 radical (unpaired) electrons. The van der Waals surface area contributed by atoms with Crippen LogP contribution in [0.3, 0.4) is 0 Å². The summed E-state index contributed by atoms with van der Waals surface area (Å²) in [5.41, 5.74) is 1.17. The van der Waals surface area contributed by atoms with Crippen LogP contribution >= 0.6 is 0 Å². The van der Waals surface area contributed by atoms with Crippen molar-refractivity contribution in [2.24, 2.45) is 0 Å². The van der Waals surface area contributed by atoms with Crippen LogP contribution in [0.2, 0.25) is 0 Å². The molecule has 1 heterocycles. The van der Waals surface area contributed by atoms with Crippen LogP contribution in [0.15, 0.2) is 29.5 Å². The minimum Gasteiger partial charge on any atom is -0.465 e. The van der Waals surface area contributed by atoms with E-state index >= 15 is 0 Å². The summed E-state index contributed by atoms with van der Waals surface area (Å²) in [5.74, 6) is -0.503. The number of anilines is 2. The molecule has 0 saturated carbocycles. The Kier molecular flexibility index (Phi) is 5.98. The fourth-order valence-corrected chi connectivity index (χ4v) is 2.71. The number of carbonyl (C=O) groups is 1. The summed E-state index contributed by atoms with van der Waals surface area (Å²) in [7, 11) is 1.29. The molecule has 1 saturated heterocycles. The van der Waals surface area contributed by atoms with Gasteiger partial charge in [-0.2, -0.15) is 15.8 Å². The number of nitriles is 3. The molecule has 0 atom stereocenters. The number of hydrogen-bond acceptors (Lipinski definition) is 7. The van der Waals surface area contributed by atoms with E-state index in [1.165, 1.54) is 7.11 Å². The summed E-state index contributed by atoms with van der Waals surface area (Å²) in [4.78, 5) is 14.0. The molecule has 7 heteroatoms. The number of carbonyl (C=O) groups excluding carboxylic acids is 1. The Morgan fingerprint density at radius 1 is 1.12 bits per heavy atom. The van der Waals surface area contributed by atoms with Crippen molar-refractivity contribution >= 4 is 17.3 Å². The number of allylic oxidation sites excluding steroid dienone is 2. The highest BCUT2D eigenvalue weighted by Crippen LogP contribution is 2.31. The Balaban J connectivity index is 2.49. The van der Waals surface area contributed by atoms with Gasteiger partial charge in [0.15, 0.2) is 5.57 Å². The molecule has 1 aliphatic heterocycles. The van der Waals surface area contributed by atoms with Crippen molar-refractivity contribution in [2.45, 2.75) is 19.3 Å². The maximum Gasteiger partial charge on any atom is 0.337 e. The largest absolute Gasteiger partial charge is 0.465 e. The number of methoxy groups -OCH3 is 1. The van der Waals surface area contributed by atoms with Crippen molar-refractivity contribution in [3.63, 3.8) is 0 Å². The molecule has 0 amide bonds. The summed E-state index contributed by atoms with van der Waals surface area (Å²) >= 11 is 0. The van der Waals surface area contributed by atoms with Crippen molar-refractivity contribution in [3.8, 4) is 18.2 Å². The Hall–Kier alpha value is -3.50. The van der Waals surface area contributed by atoms with E-state index in [1.54, 1.807) is 30.3 Å². The third kappa shape index (κ3) is 4.07. The third-order valence-corrected chi connectivity index (χ3v) is 3.96. The average molecular weight is 335 g/mol. The molecule has 7 nitrogen and oxygen atoms in total. The SMILES string of the molecule is COC(=O)c1ccc(N2CCCCC2)c(NC(C#N)=C(C#N)C#N)c1. The Bertz CT molecular complexity index is 801. The van der Waals surface area contributed by atoms with Gasteiger partial charge in [0.2, 0.25) is 0 Å². The normalized spacial score (nSPS) is 13.0. The van der Waals surface area contributed by atoms with E-state index in [2.05, 4.69) is 10.2 Å². The van der Waals surface area contributed by atoms with Crippen LogP contribution in [0.5, 0.6) is 0 Å². The van der Waals surface area contributed by atoms with Crippen LogP contribution < -0.4 is 10.2 Å². The fraction of sp³-hybridized carbons (Fsp3) is 0.333. The summed E-state index contributed by atoms with van der Waals surface area (Å²) in [6, 6.07) is 10.2. The van der Waals surface area contributed by atoms with Crippen LogP contribution in [-0.4, -0.2) is 26.2 Å². The van der Waals surface area contributed by atoms with Gasteiger partial charge in [0, 0.05) is 13.1 Å². The lowest BCUT2D eigenvalue weighted by Gasteiger charge is -2.31. The van der Waals surface area contributed by atoms with Gasteiger partial charge < -0.3 is 15.0 Å². The zero-order valence-corrected chi connectivity index (χ0v) is 13.9. The molecule has 2 rings (SSSR count). The van der Waals surface area contributed by atoms with E-state index < -0.39 is 5.97 Å². The minimum absolute atomic E-state index is 0.148. The Labute approximate surface area is 146 Å². The maximum atomic E-state index is 11.8. The summed E-state index contributed by atoms with van der Waals surface area (Å²) in [5, 5.41) is 30.1. The first-order valence-corrected chi connectivity index (χ1v) is 7.83. The van der Waals surface area contributed by atoms with E-state index in [1.807, 2.05) is 6.07 Å². The molecular weight excluding hydrogens is 318 g/mol. The van der Waals surface area contributed by atoms with Gasteiger partial charge in [-0.3, -0.25) is 0 Å². The van der Waals surface area contributed by atoms with E-state index in [4.69, 9.17) is 15.3 Å². The van der Waals surface area contributed by atoms with Gasteiger partial charge in [0.1, 0.15) is 23.9 Å². The first kappa shape index (κ1) is 17.8. The first-order valence-electron chi connectivity index (χ1n) is 7.83. The molecule has 1 aromatic rings. The number of nitrogens with zero attached hydrogens (tertiary/aromatic N) is 4. The Morgan fingerprint density at radius 3 is 2.36 bits per heavy atom. The predicted molar refractivity (Wildman–Crippen MR) is 91.3 cm³/mol. The second kappa shape index (κ2) is 8.38. The van der Waals surface area contributed by atoms with Crippen LogP contribution in [0.1, 0.15) is 29.6 Å². The number of esters is 1. The van der Waals surface area contributed by atoms with Crippen LogP contribution in [0, 0.1) is 34.0 Å². The van der Waals surface area contributed by atoms with Crippen molar-refractivity contribution in [1.82, 2.24) is 0 Å². The number of ether oxygens (including phenoxy) is 1. The molecule has 1 aliphatic rings. The molecule has 0 unspecified atom stereocenters. The van der Waals surface area contributed by atoms with Gasteiger partial charge in [-0.1, -0.05) is 0 Å². The van der Waals surface area contributed by atoms with Gasteiger partial charge in [-0.15, -0.1) is 0 Å². The molecular formula is C18H17N5O2. The third-order valence-electron chi connectivity index (χ3n) is 3.96. The highest BCUT2D eigenvalue weighted by molar-refractivity contribution is 5.92. The number of hydrogen-bond donors (Lipinski definition) is 1. The zero-order valence-electron chi connectivity index (χ0n) is 13.9. The molecule has 1 aromatic carbocycles. The van der Waals surface area contributed by atoms with Gasteiger partial charge in [0.25, 0.3) is 0 Å². The molecule has 0 aromatic heterocycles. The molecule has 0 bridgehead atoms. The number of piperidine rings is 1. The lowest BCUT2D eigenvalue weighted by molar-refractivity contribution is 0.0601. The molecule has 25 heavy (non-hydrogen) atoms. The summed E-state index contributed by atoms with van der Waals surface area (Å²) < 4.78 is 4.74. The summed E-state index contributed by atoms with van der Waals surface area (Å²) in [6.45, 7) is 1.72. The smallest absolute Gasteiger partial charge is 0.337 e. The first-order chi connectivity index (χ1) is 12.1. The van der Waals surface area contributed by atoms with E-state index in [9.17, 15) is 10.1 Å². The van der Waals surface area contributed by atoms with E-state index in [-0.39, 0.29) is 11.3 Å². The topological polar surface area (TPSA) is 113 Å². The minimum atomic E-state index is -0.503. The Morgan fingerprint density at radius 2 is 1.80 bits per heavy atom. The average Bonchev–Trinajstić information content (AvgIpc) is 2.67. The molecule has 0 aliphatic carbocycles. The second-order valence-electron chi connectivity index (χ2n) is 5.48. The molecule has 1 fully saturated rings. The van der Waals surface area contributed by atoms with Crippen molar-refractivity contribution in [3.05, 3.63) is 35.0 Å². The van der Waals surface area contributed by atoms with Gasteiger partial charge >= 0.3 is 5.97 Å². The number of rotatable bonds is 4. The highest BCUT2D eigenvalue weighted by atomic mass is 16.5. The zero-order chi connectivity index (χ0) is 18.2. The van der Waals surface area contributed by atoms with Crippen molar-refractivity contribution < 1.29 is 9.53 Å². The standard InChI is InChI=1S/C18H17N5O2/c1-25-18(24)13-5-6-17(23-7-3-2-4-8-23)15(9-13)22-16(12-21)14(10-19)11-20/h5-6,9,22H,2-4,7-8H2,1H3. The molecule has 0 spiro atoms.